The quantitative estimate of drug-likeness (QED) is 0.923. The molecule has 0 aromatic heterocycles. The number of hydrogen-bond donors (Lipinski definition) is 1. The zero-order chi connectivity index (χ0) is 13.5. The van der Waals surface area contributed by atoms with Gasteiger partial charge in [-0.1, -0.05) is 40.9 Å². The van der Waals surface area contributed by atoms with Crippen LogP contribution in [0.2, 0.25) is 0 Å². The van der Waals surface area contributed by atoms with Crippen molar-refractivity contribution in [2.45, 2.75) is 32.2 Å². The summed E-state index contributed by atoms with van der Waals surface area (Å²) in [5, 5.41) is 3.23. The van der Waals surface area contributed by atoms with Crippen molar-refractivity contribution in [3.05, 3.63) is 34.3 Å². The highest BCUT2D eigenvalue weighted by atomic mass is 79.9. The summed E-state index contributed by atoms with van der Waals surface area (Å²) in [6.07, 6.45) is 4.82. The number of carbonyl (C=O) groups is 1. The van der Waals surface area contributed by atoms with Crippen molar-refractivity contribution in [2.24, 2.45) is 0 Å². The molecule has 1 aliphatic heterocycles. The van der Waals surface area contributed by atoms with Gasteiger partial charge in [-0.25, -0.2) is 0 Å². The number of nitrogens with one attached hydrogen (secondary N) is 1. The van der Waals surface area contributed by atoms with Crippen LogP contribution in [0.3, 0.4) is 0 Å². The van der Waals surface area contributed by atoms with Gasteiger partial charge in [0, 0.05) is 24.1 Å². The first kappa shape index (κ1) is 14.5. The Morgan fingerprint density at radius 2 is 1.95 bits per heavy atom. The highest BCUT2D eigenvalue weighted by molar-refractivity contribution is 9.10. The van der Waals surface area contributed by atoms with Crippen molar-refractivity contribution in [3.63, 3.8) is 0 Å². The van der Waals surface area contributed by atoms with Gasteiger partial charge < -0.3 is 10.2 Å². The van der Waals surface area contributed by atoms with Crippen LogP contribution in [0.4, 0.5) is 0 Å². The van der Waals surface area contributed by atoms with E-state index in [4.69, 9.17) is 0 Å². The zero-order valence-corrected chi connectivity index (χ0v) is 12.8. The first-order valence-electron chi connectivity index (χ1n) is 6.98. The van der Waals surface area contributed by atoms with Gasteiger partial charge in [-0.2, -0.15) is 0 Å². The molecule has 0 unspecified atom stereocenters. The van der Waals surface area contributed by atoms with Gasteiger partial charge in [0.25, 0.3) is 0 Å². The fourth-order valence-corrected chi connectivity index (χ4v) is 2.84. The zero-order valence-electron chi connectivity index (χ0n) is 11.2. The van der Waals surface area contributed by atoms with Crippen molar-refractivity contribution >= 4 is 21.8 Å². The summed E-state index contributed by atoms with van der Waals surface area (Å²) in [6, 6.07) is 8.15. The van der Waals surface area contributed by atoms with Gasteiger partial charge in [-0.15, -0.1) is 0 Å². The van der Waals surface area contributed by atoms with Gasteiger partial charge in [0.2, 0.25) is 5.91 Å². The lowest BCUT2D eigenvalue weighted by molar-refractivity contribution is -0.130. The molecular formula is C15H21BrN2O. The lowest BCUT2D eigenvalue weighted by Crippen LogP contribution is -2.38. The van der Waals surface area contributed by atoms with E-state index in [9.17, 15) is 4.79 Å². The van der Waals surface area contributed by atoms with Gasteiger partial charge in [-0.05, 0) is 30.5 Å². The summed E-state index contributed by atoms with van der Waals surface area (Å²) >= 11 is 3.45. The van der Waals surface area contributed by atoms with Gasteiger partial charge in [0.1, 0.15) is 0 Å². The van der Waals surface area contributed by atoms with Crippen LogP contribution in [0.25, 0.3) is 0 Å². The molecule has 4 heteroatoms. The van der Waals surface area contributed by atoms with Crippen LogP contribution in [0, 0.1) is 0 Å². The Balaban J connectivity index is 1.74. The largest absolute Gasteiger partial charge is 0.342 e. The predicted molar refractivity (Wildman–Crippen MR) is 80.9 cm³/mol. The maximum Gasteiger partial charge on any atom is 0.236 e. The van der Waals surface area contributed by atoms with Crippen LogP contribution in [0.5, 0.6) is 0 Å². The molecule has 3 nitrogen and oxygen atoms in total. The van der Waals surface area contributed by atoms with E-state index in [0.29, 0.717) is 6.54 Å². The van der Waals surface area contributed by atoms with Crippen LogP contribution >= 0.6 is 15.9 Å². The number of carbonyl (C=O) groups excluding carboxylic acids is 1. The fraction of sp³-hybridized carbons (Fsp3) is 0.533. The lowest BCUT2D eigenvalue weighted by atomic mass is 10.2. The molecule has 1 N–H and O–H groups in total. The molecule has 1 saturated heterocycles. The van der Waals surface area contributed by atoms with Gasteiger partial charge >= 0.3 is 0 Å². The second kappa shape index (κ2) is 7.65. The van der Waals surface area contributed by atoms with E-state index in [2.05, 4.69) is 33.4 Å². The van der Waals surface area contributed by atoms with Crippen molar-refractivity contribution in [3.8, 4) is 0 Å². The average molecular weight is 325 g/mol. The molecule has 0 saturated carbocycles. The van der Waals surface area contributed by atoms with Crippen molar-refractivity contribution in [1.29, 1.82) is 0 Å². The topological polar surface area (TPSA) is 32.3 Å². The van der Waals surface area contributed by atoms with E-state index in [1.807, 2.05) is 17.0 Å². The highest BCUT2D eigenvalue weighted by Gasteiger charge is 2.14. The Hall–Kier alpha value is -0.870. The number of rotatable bonds is 4. The third-order valence-corrected chi connectivity index (χ3v) is 3.95. The third kappa shape index (κ3) is 4.96. The van der Waals surface area contributed by atoms with E-state index in [1.165, 1.54) is 18.4 Å². The molecular weight excluding hydrogens is 304 g/mol. The molecule has 1 heterocycles. The van der Waals surface area contributed by atoms with E-state index in [1.54, 1.807) is 0 Å². The number of nitrogens with zero attached hydrogens (tertiary/aromatic N) is 1. The third-order valence-electron chi connectivity index (χ3n) is 3.45. The molecule has 0 bridgehead atoms. The van der Waals surface area contributed by atoms with Gasteiger partial charge in [0.05, 0.1) is 6.54 Å². The second-order valence-corrected chi connectivity index (χ2v) is 5.94. The summed E-state index contributed by atoms with van der Waals surface area (Å²) in [7, 11) is 0. The molecule has 1 aromatic rings. The van der Waals surface area contributed by atoms with E-state index in [0.717, 1.165) is 36.9 Å². The molecule has 0 spiro atoms. The number of hydrogen-bond acceptors (Lipinski definition) is 2. The molecule has 1 fully saturated rings. The summed E-state index contributed by atoms with van der Waals surface area (Å²) in [5.74, 6) is 0.233. The molecule has 0 radical (unpaired) electrons. The summed E-state index contributed by atoms with van der Waals surface area (Å²) in [4.78, 5) is 14.1. The molecule has 19 heavy (non-hydrogen) atoms. The monoisotopic (exact) mass is 324 g/mol. The maximum atomic E-state index is 12.1. The SMILES string of the molecule is O=C(CNCc1cccc(Br)c1)N1CCCCCC1. The van der Waals surface area contributed by atoms with Crippen molar-refractivity contribution < 1.29 is 4.79 Å². The minimum atomic E-state index is 0.233. The Morgan fingerprint density at radius 1 is 1.21 bits per heavy atom. The molecule has 2 rings (SSSR count). The minimum absolute atomic E-state index is 0.233. The first-order valence-corrected chi connectivity index (χ1v) is 7.78. The molecule has 0 aliphatic carbocycles. The molecule has 104 valence electrons. The van der Waals surface area contributed by atoms with E-state index < -0.39 is 0 Å². The minimum Gasteiger partial charge on any atom is -0.342 e. The Bertz CT molecular complexity index is 414. The van der Waals surface area contributed by atoms with Crippen LogP contribution in [0.1, 0.15) is 31.2 Å². The summed E-state index contributed by atoms with van der Waals surface area (Å²) in [6.45, 7) is 3.03. The maximum absolute atomic E-state index is 12.1. The molecule has 1 aromatic carbocycles. The molecule has 1 amide bonds. The van der Waals surface area contributed by atoms with E-state index in [-0.39, 0.29) is 5.91 Å². The number of amides is 1. The smallest absolute Gasteiger partial charge is 0.236 e. The normalized spacial score (nSPS) is 16.2. The Labute approximate surface area is 123 Å². The van der Waals surface area contributed by atoms with Gasteiger partial charge in [0.15, 0.2) is 0 Å². The second-order valence-electron chi connectivity index (χ2n) is 5.03. The summed E-state index contributed by atoms with van der Waals surface area (Å²) in [5.41, 5.74) is 1.19. The van der Waals surface area contributed by atoms with Crippen LogP contribution < -0.4 is 5.32 Å². The van der Waals surface area contributed by atoms with Gasteiger partial charge in [-0.3, -0.25) is 4.79 Å². The van der Waals surface area contributed by atoms with E-state index >= 15 is 0 Å². The number of likely N-dealkylation sites (tertiary alicyclic amines) is 1. The van der Waals surface area contributed by atoms with Crippen LogP contribution in [-0.2, 0) is 11.3 Å². The number of halogens is 1. The summed E-state index contributed by atoms with van der Waals surface area (Å²) < 4.78 is 1.07. The number of benzene rings is 1. The lowest BCUT2D eigenvalue weighted by Gasteiger charge is -2.20. The Morgan fingerprint density at radius 3 is 2.63 bits per heavy atom. The standard InChI is InChI=1S/C15H21BrN2O/c16-14-7-5-6-13(10-14)11-17-12-15(19)18-8-3-1-2-4-9-18/h5-7,10,17H,1-4,8-9,11-12H2. The van der Waals surface area contributed by atoms with Crippen molar-refractivity contribution in [2.75, 3.05) is 19.6 Å². The van der Waals surface area contributed by atoms with Crippen molar-refractivity contribution in [1.82, 2.24) is 10.2 Å². The highest BCUT2D eigenvalue weighted by Crippen LogP contribution is 2.11. The van der Waals surface area contributed by atoms with Crippen LogP contribution in [0.15, 0.2) is 28.7 Å². The molecule has 0 atom stereocenters. The fourth-order valence-electron chi connectivity index (χ4n) is 2.39. The van der Waals surface area contributed by atoms with Crippen LogP contribution in [-0.4, -0.2) is 30.4 Å². The average Bonchev–Trinajstić information content (AvgIpc) is 2.67. The Kier molecular flexibility index (Phi) is 5.86. The predicted octanol–water partition coefficient (Wildman–Crippen LogP) is 2.94. The molecule has 1 aliphatic rings. The first-order chi connectivity index (χ1) is 9.25.